The van der Waals surface area contributed by atoms with Gasteiger partial charge in [-0.25, -0.2) is 4.79 Å². The van der Waals surface area contributed by atoms with Gasteiger partial charge >= 0.3 is 5.97 Å². The van der Waals surface area contributed by atoms with Crippen molar-refractivity contribution in [3.05, 3.63) is 53.5 Å². The van der Waals surface area contributed by atoms with Crippen molar-refractivity contribution in [2.75, 3.05) is 5.32 Å². The van der Waals surface area contributed by atoms with Gasteiger partial charge in [0.25, 0.3) is 0 Å². The molecule has 108 valence electrons. The average Bonchev–Trinajstić information content (AvgIpc) is 3.05. The third kappa shape index (κ3) is 2.67. The Morgan fingerprint density at radius 3 is 2.76 bits per heavy atom. The number of hydrogen-bond donors (Lipinski definition) is 2. The van der Waals surface area contributed by atoms with Gasteiger partial charge < -0.3 is 14.8 Å². The second kappa shape index (κ2) is 5.09. The van der Waals surface area contributed by atoms with Crippen LogP contribution in [0.25, 0.3) is 0 Å². The van der Waals surface area contributed by atoms with E-state index in [2.05, 4.69) is 5.32 Å². The molecule has 0 unspecified atom stereocenters. The molecule has 5 nitrogen and oxygen atoms in total. The van der Waals surface area contributed by atoms with Gasteiger partial charge in [-0.1, -0.05) is 0 Å². The summed E-state index contributed by atoms with van der Waals surface area (Å²) in [5.41, 5.74) is 1.49. The molecule has 1 amide bonds. The fourth-order valence-corrected chi connectivity index (χ4v) is 2.52. The zero-order valence-electron chi connectivity index (χ0n) is 11.5. The summed E-state index contributed by atoms with van der Waals surface area (Å²) in [5, 5.41) is 11.8. The number of carboxylic acid groups (broad SMARTS) is 1. The summed E-state index contributed by atoms with van der Waals surface area (Å²) in [6.07, 6.45) is 2.39. The Kier molecular flexibility index (Phi) is 3.25. The van der Waals surface area contributed by atoms with E-state index in [4.69, 9.17) is 9.52 Å². The van der Waals surface area contributed by atoms with Crippen LogP contribution in [0.4, 0.5) is 5.69 Å². The minimum atomic E-state index is -0.967. The number of aryl methyl sites for hydroxylation is 1. The van der Waals surface area contributed by atoms with Crippen LogP contribution in [0, 0.1) is 12.8 Å². The van der Waals surface area contributed by atoms with Crippen LogP contribution in [0.2, 0.25) is 0 Å². The van der Waals surface area contributed by atoms with E-state index in [1.165, 1.54) is 6.07 Å². The number of carbonyl (C=O) groups is 2. The minimum absolute atomic E-state index is 0.0566. The molecule has 2 aromatic rings. The summed E-state index contributed by atoms with van der Waals surface area (Å²) in [7, 11) is 0. The lowest BCUT2D eigenvalue weighted by Gasteiger charge is -2.07. The number of benzene rings is 1. The molecule has 0 aliphatic heterocycles. The average molecular weight is 285 g/mol. The monoisotopic (exact) mass is 285 g/mol. The van der Waals surface area contributed by atoms with Crippen LogP contribution in [0.5, 0.6) is 0 Å². The molecule has 2 atom stereocenters. The maximum absolute atomic E-state index is 12.1. The normalized spacial score (nSPS) is 20.0. The molecule has 21 heavy (non-hydrogen) atoms. The number of amides is 1. The summed E-state index contributed by atoms with van der Waals surface area (Å²) >= 11 is 0. The van der Waals surface area contributed by atoms with Crippen LogP contribution in [0.3, 0.4) is 0 Å². The highest BCUT2D eigenvalue weighted by Crippen LogP contribution is 2.48. The number of anilines is 1. The summed E-state index contributed by atoms with van der Waals surface area (Å²) < 4.78 is 5.30. The molecular formula is C16H15NO4. The van der Waals surface area contributed by atoms with E-state index >= 15 is 0 Å². The standard InChI is InChI=1S/C16H15NO4/c1-9-7-10(4-5-11(9)16(19)20)17-15(18)13-8-12(13)14-3-2-6-21-14/h2-7,12-13H,8H2,1H3,(H,17,18)(H,19,20)/t12-,13-/m0/s1. The summed E-state index contributed by atoms with van der Waals surface area (Å²) in [6.45, 7) is 1.71. The Morgan fingerprint density at radius 1 is 1.33 bits per heavy atom. The Morgan fingerprint density at radius 2 is 2.14 bits per heavy atom. The van der Waals surface area contributed by atoms with Gasteiger partial charge in [0.15, 0.2) is 0 Å². The van der Waals surface area contributed by atoms with Crippen molar-refractivity contribution in [2.45, 2.75) is 19.3 Å². The van der Waals surface area contributed by atoms with E-state index in [1.807, 2.05) is 12.1 Å². The predicted octanol–water partition coefficient (Wildman–Crippen LogP) is 3.03. The van der Waals surface area contributed by atoms with E-state index in [0.717, 1.165) is 12.2 Å². The van der Waals surface area contributed by atoms with E-state index in [-0.39, 0.29) is 23.3 Å². The van der Waals surface area contributed by atoms with Crippen LogP contribution in [-0.4, -0.2) is 17.0 Å². The Hall–Kier alpha value is -2.56. The fourth-order valence-electron chi connectivity index (χ4n) is 2.52. The molecule has 1 aliphatic carbocycles. The maximum Gasteiger partial charge on any atom is 0.335 e. The number of furan rings is 1. The third-order valence-corrected chi connectivity index (χ3v) is 3.76. The van der Waals surface area contributed by atoms with E-state index in [0.29, 0.717) is 11.3 Å². The zero-order valence-corrected chi connectivity index (χ0v) is 11.5. The quantitative estimate of drug-likeness (QED) is 0.905. The Labute approximate surface area is 121 Å². The molecule has 1 fully saturated rings. The number of carboxylic acids is 1. The van der Waals surface area contributed by atoms with Gasteiger partial charge in [0.1, 0.15) is 5.76 Å². The Balaban J connectivity index is 1.66. The van der Waals surface area contributed by atoms with Crippen molar-refractivity contribution in [3.8, 4) is 0 Å². The Bertz CT molecular complexity index is 690. The lowest BCUT2D eigenvalue weighted by atomic mass is 10.1. The molecule has 3 rings (SSSR count). The van der Waals surface area contributed by atoms with Gasteiger partial charge in [-0.2, -0.15) is 0 Å². The predicted molar refractivity (Wildman–Crippen MR) is 76.3 cm³/mol. The first kappa shape index (κ1) is 13.4. The van der Waals surface area contributed by atoms with Crippen LogP contribution < -0.4 is 5.32 Å². The van der Waals surface area contributed by atoms with Gasteiger partial charge in [-0.05, 0) is 49.2 Å². The highest BCUT2D eigenvalue weighted by molar-refractivity contribution is 5.96. The molecule has 0 saturated heterocycles. The second-order valence-corrected chi connectivity index (χ2v) is 5.29. The highest BCUT2D eigenvalue weighted by atomic mass is 16.4. The van der Waals surface area contributed by atoms with Crippen molar-refractivity contribution in [1.29, 1.82) is 0 Å². The van der Waals surface area contributed by atoms with Gasteiger partial charge in [-0.3, -0.25) is 4.79 Å². The first-order valence-corrected chi connectivity index (χ1v) is 6.74. The molecular weight excluding hydrogens is 270 g/mol. The van der Waals surface area contributed by atoms with Crippen LogP contribution in [-0.2, 0) is 4.79 Å². The number of aromatic carboxylic acids is 1. The van der Waals surface area contributed by atoms with Crippen LogP contribution in [0.1, 0.15) is 34.0 Å². The fraction of sp³-hybridized carbons (Fsp3) is 0.250. The third-order valence-electron chi connectivity index (χ3n) is 3.76. The number of nitrogens with one attached hydrogen (secondary N) is 1. The topological polar surface area (TPSA) is 79.5 Å². The van der Waals surface area contributed by atoms with E-state index < -0.39 is 5.97 Å². The van der Waals surface area contributed by atoms with Crippen molar-refractivity contribution in [3.63, 3.8) is 0 Å². The zero-order chi connectivity index (χ0) is 15.0. The minimum Gasteiger partial charge on any atom is -0.478 e. The van der Waals surface area contributed by atoms with Crippen molar-refractivity contribution in [2.24, 2.45) is 5.92 Å². The van der Waals surface area contributed by atoms with Gasteiger partial charge in [0, 0.05) is 17.5 Å². The summed E-state index contributed by atoms with van der Waals surface area (Å²) in [5.74, 6) is -0.105. The van der Waals surface area contributed by atoms with Gasteiger partial charge in [0.05, 0.1) is 11.8 Å². The molecule has 1 aliphatic rings. The molecule has 2 N–H and O–H groups in total. The molecule has 0 bridgehead atoms. The second-order valence-electron chi connectivity index (χ2n) is 5.29. The number of hydrogen-bond acceptors (Lipinski definition) is 3. The van der Waals surface area contributed by atoms with Gasteiger partial charge in [0.2, 0.25) is 5.91 Å². The van der Waals surface area contributed by atoms with Gasteiger partial charge in [-0.15, -0.1) is 0 Å². The molecule has 5 heteroatoms. The molecule has 1 aromatic carbocycles. The molecule has 0 radical (unpaired) electrons. The van der Waals surface area contributed by atoms with Crippen molar-refractivity contribution in [1.82, 2.24) is 0 Å². The summed E-state index contributed by atoms with van der Waals surface area (Å²) in [6, 6.07) is 8.48. The lowest BCUT2D eigenvalue weighted by molar-refractivity contribution is -0.117. The van der Waals surface area contributed by atoms with Crippen LogP contribution in [0.15, 0.2) is 41.0 Å². The summed E-state index contributed by atoms with van der Waals surface area (Å²) in [4.78, 5) is 23.1. The SMILES string of the molecule is Cc1cc(NC(=O)[C@H]2C[C@@H]2c2ccco2)ccc1C(=O)O. The van der Waals surface area contributed by atoms with Crippen molar-refractivity contribution >= 4 is 17.6 Å². The smallest absolute Gasteiger partial charge is 0.335 e. The van der Waals surface area contributed by atoms with E-state index in [1.54, 1.807) is 25.3 Å². The lowest BCUT2D eigenvalue weighted by Crippen LogP contribution is -2.15. The molecule has 1 aromatic heterocycles. The molecule has 1 saturated carbocycles. The van der Waals surface area contributed by atoms with Crippen LogP contribution >= 0.6 is 0 Å². The first-order valence-electron chi connectivity index (χ1n) is 6.74. The number of rotatable bonds is 4. The number of carbonyl (C=O) groups excluding carboxylic acids is 1. The molecule has 1 heterocycles. The highest BCUT2D eigenvalue weighted by Gasteiger charge is 2.45. The first-order chi connectivity index (χ1) is 10.1. The van der Waals surface area contributed by atoms with Crippen molar-refractivity contribution < 1.29 is 19.1 Å². The molecule has 0 spiro atoms. The maximum atomic E-state index is 12.1. The van der Waals surface area contributed by atoms with E-state index in [9.17, 15) is 9.59 Å². The largest absolute Gasteiger partial charge is 0.478 e.